The highest BCUT2D eigenvalue weighted by Crippen LogP contribution is 2.59. The van der Waals surface area contributed by atoms with Crippen LogP contribution in [0.1, 0.15) is 42.9 Å². The second kappa shape index (κ2) is 16.4. The second-order valence-corrected chi connectivity index (χ2v) is 14.4. The predicted octanol–water partition coefficient (Wildman–Crippen LogP) is 3.75. The van der Waals surface area contributed by atoms with Crippen molar-refractivity contribution in [1.29, 1.82) is 0 Å². The van der Waals surface area contributed by atoms with Crippen LogP contribution in [0.15, 0.2) is 110 Å². The van der Waals surface area contributed by atoms with E-state index in [0.717, 1.165) is 11.1 Å². The van der Waals surface area contributed by atoms with Gasteiger partial charge in [0.15, 0.2) is 0 Å². The number of benzene rings is 3. The lowest BCUT2D eigenvalue weighted by Gasteiger charge is -2.39. The minimum Gasteiger partial charge on any atom is -0.455 e. The zero-order valence-corrected chi connectivity index (χ0v) is 30.6. The van der Waals surface area contributed by atoms with E-state index in [-0.39, 0.29) is 38.5 Å². The molecule has 1 spiro atoms. The summed E-state index contributed by atoms with van der Waals surface area (Å²) in [5.74, 6) is -3.79. The van der Waals surface area contributed by atoms with Gasteiger partial charge in [0.05, 0.1) is 42.6 Å². The molecule has 3 aromatic carbocycles. The summed E-state index contributed by atoms with van der Waals surface area (Å²) in [6, 6.07) is 24.0. The van der Waals surface area contributed by atoms with Crippen LogP contribution in [0.4, 0.5) is 0 Å². The van der Waals surface area contributed by atoms with Crippen molar-refractivity contribution in [2.75, 3.05) is 19.7 Å². The summed E-state index contributed by atoms with van der Waals surface area (Å²) in [7, 11) is 0. The first kappa shape index (κ1) is 37.6. The van der Waals surface area contributed by atoms with Crippen LogP contribution in [0.5, 0.6) is 0 Å². The first-order valence-corrected chi connectivity index (χ1v) is 18.7. The molecule has 0 saturated carbocycles. The van der Waals surface area contributed by atoms with Crippen LogP contribution in [-0.4, -0.2) is 97.1 Å². The highest BCUT2D eigenvalue weighted by Gasteiger charge is 2.75. The van der Waals surface area contributed by atoms with Crippen molar-refractivity contribution in [1.82, 2.24) is 30.1 Å². The van der Waals surface area contributed by atoms with Gasteiger partial charge in [-0.2, -0.15) is 0 Å². The molecule has 1 aromatic heterocycles. The quantitative estimate of drug-likeness (QED) is 0.121. The van der Waals surface area contributed by atoms with Gasteiger partial charge in [0, 0.05) is 13.0 Å². The van der Waals surface area contributed by atoms with E-state index in [1.165, 1.54) is 4.90 Å². The number of para-hydroxylation sites is 1. The van der Waals surface area contributed by atoms with E-state index in [0.29, 0.717) is 30.3 Å². The van der Waals surface area contributed by atoms with Crippen molar-refractivity contribution in [2.24, 2.45) is 11.8 Å². The molecular formula is C42H46N6O7. The highest BCUT2D eigenvalue weighted by molar-refractivity contribution is 5.98. The number of nitrogens with one attached hydrogen (secondary N) is 1. The van der Waals surface area contributed by atoms with E-state index < -0.39 is 66.1 Å². The Morgan fingerprint density at radius 3 is 2.49 bits per heavy atom. The molecule has 0 unspecified atom stereocenters. The molecule has 286 valence electrons. The molecule has 0 aliphatic carbocycles. The molecule has 2 bridgehead atoms. The molecule has 13 nitrogen and oxygen atoms in total. The van der Waals surface area contributed by atoms with Gasteiger partial charge >= 0.3 is 5.97 Å². The molecular weight excluding hydrogens is 700 g/mol. The van der Waals surface area contributed by atoms with Crippen molar-refractivity contribution in [3.05, 3.63) is 121 Å². The third-order valence-electron chi connectivity index (χ3n) is 11.0. The number of hydrogen-bond donors (Lipinski definition) is 2. The smallest absolute Gasteiger partial charge is 0.313 e. The van der Waals surface area contributed by atoms with Gasteiger partial charge in [-0.25, -0.2) is 4.68 Å². The van der Waals surface area contributed by atoms with Crippen LogP contribution in [-0.2, 0) is 41.7 Å². The van der Waals surface area contributed by atoms with Crippen LogP contribution in [0.2, 0.25) is 0 Å². The standard InChI is InChI=1S/C42H46N6O7/c1-3-5-20-35(50)43-25-34(29-16-10-7-11-17-29)54-41(53)36-33-21-22-42(55-33)37(36)39(51)48(30(26-49)24-28-14-8-6-9-15-28)38(42)40(52)46(23-4-2)27-47-32-19-13-12-18-31(32)44-45-47/h3-4,6-19,30,33-34,36-38,49H,1-2,5,20-27H2,(H,43,50)/t30-,33-,34-,36+,37+,38-,42+/m1/s1. The highest BCUT2D eigenvalue weighted by atomic mass is 16.6. The molecule has 3 amide bonds. The number of allylic oxidation sites excluding steroid dienone is 1. The number of ether oxygens (including phenoxy) is 2. The lowest BCUT2D eigenvalue weighted by molar-refractivity contribution is -0.161. The molecule has 0 radical (unpaired) electrons. The first-order chi connectivity index (χ1) is 26.8. The van der Waals surface area contributed by atoms with Gasteiger partial charge in [0.1, 0.15) is 29.9 Å². The Labute approximate surface area is 319 Å². The van der Waals surface area contributed by atoms with Crippen LogP contribution >= 0.6 is 0 Å². The van der Waals surface area contributed by atoms with E-state index >= 15 is 4.79 Å². The van der Waals surface area contributed by atoms with Crippen molar-refractivity contribution < 1.29 is 33.8 Å². The number of esters is 1. The molecule has 3 aliphatic heterocycles. The summed E-state index contributed by atoms with van der Waals surface area (Å²) in [5, 5.41) is 22.3. The van der Waals surface area contributed by atoms with Crippen molar-refractivity contribution >= 4 is 34.7 Å². The maximum absolute atomic E-state index is 15.1. The Morgan fingerprint density at radius 1 is 1.04 bits per heavy atom. The zero-order valence-electron chi connectivity index (χ0n) is 30.6. The molecule has 7 atom stereocenters. The van der Waals surface area contributed by atoms with Gasteiger partial charge in [0.2, 0.25) is 17.7 Å². The number of carbonyl (C=O) groups excluding carboxylic acids is 4. The Hall–Kier alpha value is -5.66. The van der Waals surface area contributed by atoms with Crippen LogP contribution in [0, 0.1) is 11.8 Å². The average molecular weight is 747 g/mol. The largest absolute Gasteiger partial charge is 0.455 e. The molecule has 13 heteroatoms. The van der Waals surface area contributed by atoms with Crippen LogP contribution in [0.25, 0.3) is 11.0 Å². The van der Waals surface area contributed by atoms with Crippen molar-refractivity contribution in [3.8, 4) is 0 Å². The summed E-state index contributed by atoms with van der Waals surface area (Å²) >= 11 is 0. The second-order valence-electron chi connectivity index (χ2n) is 14.4. The number of likely N-dealkylation sites (tertiary alicyclic amines) is 1. The summed E-state index contributed by atoms with van der Waals surface area (Å²) in [6.45, 7) is 7.31. The number of aliphatic hydroxyl groups is 1. The number of rotatable bonds is 17. The molecule has 3 fully saturated rings. The Bertz CT molecular complexity index is 2040. The summed E-state index contributed by atoms with van der Waals surface area (Å²) in [6.07, 6.45) is 3.54. The van der Waals surface area contributed by atoms with E-state index in [1.54, 1.807) is 21.7 Å². The fourth-order valence-corrected chi connectivity index (χ4v) is 8.54. The average Bonchev–Trinajstić information content (AvgIpc) is 3.97. The molecule has 3 saturated heterocycles. The van der Waals surface area contributed by atoms with Crippen LogP contribution in [0.3, 0.4) is 0 Å². The minimum atomic E-state index is -1.36. The zero-order chi connectivity index (χ0) is 38.5. The normalized spacial score (nSPS) is 23.6. The van der Waals surface area contributed by atoms with Gasteiger partial charge in [-0.15, -0.1) is 18.3 Å². The lowest BCUT2D eigenvalue weighted by atomic mass is 9.70. The topological polar surface area (TPSA) is 156 Å². The molecule has 2 N–H and O–H groups in total. The third-order valence-corrected chi connectivity index (χ3v) is 11.0. The minimum absolute atomic E-state index is 0.0132. The number of amides is 3. The van der Waals surface area contributed by atoms with Crippen LogP contribution < -0.4 is 5.32 Å². The van der Waals surface area contributed by atoms with Crippen molar-refractivity contribution in [2.45, 2.75) is 68.7 Å². The summed E-state index contributed by atoms with van der Waals surface area (Å²) in [4.78, 5) is 60.1. The fourth-order valence-electron chi connectivity index (χ4n) is 8.54. The molecule has 4 heterocycles. The number of hydrogen-bond acceptors (Lipinski definition) is 9. The monoisotopic (exact) mass is 746 g/mol. The molecule has 7 rings (SSSR count). The third kappa shape index (κ3) is 7.29. The van der Waals surface area contributed by atoms with E-state index in [1.807, 2.05) is 84.9 Å². The maximum Gasteiger partial charge on any atom is 0.313 e. The molecule has 55 heavy (non-hydrogen) atoms. The van der Waals surface area contributed by atoms with Gasteiger partial charge in [-0.3, -0.25) is 19.2 Å². The summed E-state index contributed by atoms with van der Waals surface area (Å²) < 4.78 is 14.5. The fraction of sp³-hybridized carbons (Fsp3) is 0.381. The number of aliphatic hydroxyl groups excluding tert-OH is 1. The predicted molar refractivity (Wildman–Crippen MR) is 203 cm³/mol. The number of carbonyl (C=O) groups is 4. The van der Waals surface area contributed by atoms with Gasteiger partial charge < -0.3 is 29.7 Å². The summed E-state index contributed by atoms with van der Waals surface area (Å²) in [5.41, 5.74) is 1.57. The maximum atomic E-state index is 15.1. The Balaban J connectivity index is 1.23. The van der Waals surface area contributed by atoms with E-state index in [4.69, 9.17) is 9.47 Å². The Kier molecular flexibility index (Phi) is 11.2. The van der Waals surface area contributed by atoms with Crippen molar-refractivity contribution in [3.63, 3.8) is 0 Å². The van der Waals surface area contributed by atoms with Gasteiger partial charge in [-0.05, 0) is 48.9 Å². The van der Waals surface area contributed by atoms with E-state index in [2.05, 4.69) is 28.8 Å². The van der Waals surface area contributed by atoms with Gasteiger partial charge in [-0.1, -0.05) is 90.2 Å². The Morgan fingerprint density at radius 2 is 1.76 bits per heavy atom. The lowest BCUT2D eigenvalue weighted by Crippen LogP contribution is -2.59. The molecule has 3 aliphatic rings. The van der Waals surface area contributed by atoms with Gasteiger partial charge in [0.25, 0.3) is 0 Å². The van der Waals surface area contributed by atoms with E-state index in [9.17, 15) is 19.5 Å². The molecule has 4 aromatic rings. The number of aromatic nitrogens is 3. The number of nitrogens with zero attached hydrogens (tertiary/aromatic N) is 5. The first-order valence-electron chi connectivity index (χ1n) is 18.7. The number of fused-ring (bicyclic) bond motifs is 2. The SMILES string of the molecule is C=CCCC(=O)NC[C@@H](OC(=O)[C@@H]1[C@H]2C(=O)N([C@@H](CO)Cc3ccccc3)[C@H](C(=O)N(CC=C)Cn3nnc4ccccc43)[C@]23CC[C@H]1O3)c1ccccc1.